The van der Waals surface area contributed by atoms with E-state index in [0.29, 0.717) is 5.56 Å². The van der Waals surface area contributed by atoms with Gasteiger partial charge in [-0.3, -0.25) is 0 Å². The second-order valence-corrected chi connectivity index (χ2v) is 2.84. The zero-order chi connectivity index (χ0) is 10.6. The zero-order valence-corrected chi connectivity index (χ0v) is 8.15. The quantitative estimate of drug-likeness (QED) is 0.330. The maximum atomic E-state index is 11.3. The summed E-state index contributed by atoms with van der Waals surface area (Å²) >= 11 is 0. The lowest BCUT2D eigenvalue weighted by molar-refractivity contribution is 0.0600. The summed E-state index contributed by atoms with van der Waals surface area (Å²) in [5, 5.41) is 3.38. The van der Waals surface area contributed by atoms with Gasteiger partial charge in [-0.2, -0.15) is 5.10 Å². The Hall–Kier alpha value is -1.84. The highest BCUT2D eigenvalue weighted by atomic mass is 16.5. The fraction of sp³-hybridized carbons (Fsp3) is 0.200. The van der Waals surface area contributed by atoms with Gasteiger partial charge in [0, 0.05) is 0 Å². The second kappa shape index (κ2) is 4.41. The molecule has 4 nitrogen and oxygen atoms in total. The van der Waals surface area contributed by atoms with Crippen molar-refractivity contribution in [1.82, 2.24) is 0 Å². The molecule has 1 rings (SSSR count). The van der Waals surface area contributed by atoms with E-state index in [1.807, 2.05) is 19.1 Å². The molecule has 14 heavy (non-hydrogen) atoms. The van der Waals surface area contributed by atoms with Crippen molar-refractivity contribution in [1.29, 1.82) is 0 Å². The monoisotopic (exact) mass is 192 g/mol. The highest BCUT2D eigenvalue weighted by Gasteiger charge is 2.08. The molecule has 74 valence electrons. The van der Waals surface area contributed by atoms with Crippen molar-refractivity contribution in [2.24, 2.45) is 10.9 Å². The molecule has 1 aromatic carbocycles. The number of rotatable bonds is 2. The van der Waals surface area contributed by atoms with Crippen molar-refractivity contribution < 1.29 is 9.53 Å². The van der Waals surface area contributed by atoms with Gasteiger partial charge in [0.2, 0.25) is 0 Å². The number of benzene rings is 1. The first kappa shape index (κ1) is 10.2. The summed E-state index contributed by atoms with van der Waals surface area (Å²) in [6.07, 6.45) is 1.48. The largest absolute Gasteiger partial charge is 0.465 e. The zero-order valence-electron chi connectivity index (χ0n) is 8.15. The van der Waals surface area contributed by atoms with Gasteiger partial charge in [-0.15, -0.1) is 0 Å². The van der Waals surface area contributed by atoms with Gasteiger partial charge < -0.3 is 10.6 Å². The van der Waals surface area contributed by atoms with Crippen molar-refractivity contribution >= 4 is 12.2 Å². The molecule has 0 unspecified atom stereocenters. The van der Waals surface area contributed by atoms with Gasteiger partial charge in [-0.05, 0) is 24.1 Å². The molecule has 0 saturated carbocycles. The fourth-order valence-electron chi connectivity index (χ4n) is 1.14. The van der Waals surface area contributed by atoms with Gasteiger partial charge in [0.25, 0.3) is 0 Å². The van der Waals surface area contributed by atoms with Crippen molar-refractivity contribution in [2.45, 2.75) is 6.92 Å². The Morgan fingerprint density at radius 1 is 1.57 bits per heavy atom. The van der Waals surface area contributed by atoms with E-state index in [9.17, 15) is 4.79 Å². The Morgan fingerprint density at radius 3 is 2.86 bits per heavy atom. The van der Waals surface area contributed by atoms with Crippen LogP contribution in [0.3, 0.4) is 0 Å². The highest BCUT2D eigenvalue weighted by Crippen LogP contribution is 2.11. The van der Waals surface area contributed by atoms with Crippen molar-refractivity contribution in [3.63, 3.8) is 0 Å². The molecule has 0 bridgehead atoms. The van der Waals surface area contributed by atoms with Crippen LogP contribution in [-0.2, 0) is 4.74 Å². The van der Waals surface area contributed by atoms with Crippen LogP contribution in [0, 0.1) is 6.92 Å². The molecule has 0 atom stereocenters. The summed E-state index contributed by atoms with van der Waals surface area (Å²) in [6, 6.07) is 5.35. The normalized spacial score (nSPS) is 10.4. The van der Waals surface area contributed by atoms with Crippen LogP contribution in [0.1, 0.15) is 21.5 Å². The van der Waals surface area contributed by atoms with E-state index in [1.165, 1.54) is 13.3 Å². The smallest absolute Gasteiger partial charge is 0.338 e. The molecule has 0 amide bonds. The fourth-order valence-corrected chi connectivity index (χ4v) is 1.14. The van der Waals surface area contributed by atoms with E-state index in [1.54, 1.807) is 6.07 Å². The number of nitrogens with zero attached hydrogens (tertiary/aromatic N) is 1. The van der Waals surface area contributed by atoms with E-state index in [-0.39, 0.29) is 5.97 Å². The van der Waals surface area contributed by atoms with Crippen LogP contribution < -0.4 is 5.84 Å². The Kier molecular flexibility index (Phi) is 3.23. The Bertz CT molecular complexity index is 372. The van der Waals surface area contributed by atoms with E-state index < -0.39 is 0 Å². The molecule has 0 heterocycles. The minimum Gasteiger partial charge on any atom is -0.465 e. The first-order chi connectivity index (χ1) is 6.69. The average Bonchev–Trinajstić information content (AvgIpc) is 2.20. The molecule has 0 saturated heterocycles. The number of nitrogens with two attached hydrogens (primary N) is 1. The number of hydrogen-bond donors (Lipinski definition) is 1. The molecule has 0 aromatic heterocycles. The van der Waals surface area contributed by atoms with Crippen LogP contribution in [0.25, 0.3) is 0 Å². The van der Waals surface area contributed by atoms with Crippen LogP contribution in [0.5, 0.6) is 0 Å². The van der Waals surface area contributed by atoms with Gasteiger partial charge in [-0.25, -0.2) is 4.79 Å². The maximum Gasteiger partial charge on any atom is 0.338 e. The summed E-state index contributed by atoms with van der Waals surface area (Å²) < 4.78 is 4.64. The van der Waals surface area contributed by atoms with Crippen molar-refractivity contribution in [3.8, 4) is 0 Å². The Labute approximate surface area is 82.4 Å². The van der Waals surface area contributed by atoms with E-state index in [0.717, 1.165) is 11.1 Å². The molecule has 0 radical (unpaired) electrons. The summed E-state index contributed by atoms with van der Waals surface area (Å²) in [6.45, 7) is 1.84. The van der Waals surface area contributed by atoms with Gasteiger partial charge in [0.1, 0.15) is 0 Å². The first-order valence-electron chi connectivity index (χ1n) is 4.11. The van der Waals surface area contributed by atoms with Crippen LogP contribution in [-0.4, -0.2) is 19.3 Å². The van der Waals surface area contributed by atoms with Gasteiger partial charge in [-0.1, -0.05) is 12.1 Å². The lowest BCUT2D eigenvalue weighted by atomic mass is 10.1. The average molecular weight is 192 g/mol. The number of esters is 1. The van der Waals surface area contributed by atoms with Crippen LogP contribution >= 0.6 is 0 Å². The topological polar surface area (TPSA) is 64.7 Å². The summed E-state index contributed by atoms with van der Waals surface area (Å²) in [4.78, 5) is 11.3. The highest BCUT2D eigenvalue weighted by molar-refractivity contribution is 5.93. The number of hydrogen-bond acceptors (Lipinski definition) is 4. The summed E-state index contributed by atoms with van der Waals surface area (Å²) in [5.41, 5.74) is 2.18. The molecule has 0 aliphatic heterocycles. The number of aryl methyl sites for hydroxylation is 1. The third-order valence-corrected chi connectivity index (χ3v) is 1.89. The third-order valence-electron chi connectivity index (χ3n) is 1.89. The Balaban J connectivity index is 3.14. The van der Waals surface area contributed by atoms with E-state index in [2.05, 4.69) is 9.84 Å². The van der Waals surface area contributed by atoms with Crippen molar-refractivity contribution in [2.75, 3.05) is 7.11 Å². The SMILES string of the molecule is COC(=O)c1cc(C=NN)ccc1C. The van der Waals surface area contributed by atoms with E-state index in [4.69, 9.17) is 5.84 Å². The van der Waals surface area contributed by atoms with Crippen molar-refractivity contribution in [3.05, 3.63) is 34.9 Å². The minimum atomic E-state index is -0.352. The molecule has 1 aromatic rings. The standard InChI is InChI=1S/C10H12N2O2/c1-7-3-4-8(6-12-11)5-9(7)10(13)14-2/h3-6H,11H2,1-2H3. The third kappa shape index (κ3) is 2.10. The van der Waals surface area contributed by atoms with Gasteiger partial charge >= 0.3 is 5.97 Å². The molecular formula is C10H12N2O2. The second-order valence-electron chi connectivity index (χ2n) is 2.84. The molecule has 0 aliphatic rings. The number of methoxy groups -OCH3 is 1. The molecule has 2 N–H and O–H groups in total. The predicted molar refractivity (Wildman–Crippen MR) is 54.3 cm³/mol. The van der Waals surface area contributed by atoms with Crippen LogP contribution in [0.2, 0.25) is 0 Å². The number of carbonyl (C=O) groups excluding carboxylic acids is 1. The van der Waals surface area contributed by atoms with E-state index >= 15 is 0 Å². The summed E-state index contributed by atoms with van der Waals surface area (Å²) in [7, 11) is 1.35. The molecular weight excluding hydrogens is 180 g/mol. The maximum absolute atomic E-state index is 11.3. The molecule has 4 heteroatoms. The number of carbonyl (C=O) groups is 1. The lowest BCUT2D eigenvalue weighted by Crippen LogP contribution is -2.04. The minimum absolute atomic E-state index is 0.352. The van der Waals surface area contributed by atoms with Crippen LogP contribution in [0.4, 0.5) is 0 Å². The molecule has 0 aliphatic carbocycles. The Morgan fingerprint density at radius 2 is 2.29 bits per heavy atom. The molecule has 0 fully saturated rings. The lowest BCUT2D eigenvalue weighted by Gasteiger charge is -2.03. The van der Waals surface area contributed by atoms with Gasteiger partial charge in [0.05, 0.1) is 18.9 Å². The predicted octanol–water partition coefficient (Wildman–Crippen LogP) is 1.07. The van der Waals surface area contributed by atoms with Crippen LogP contribution in [0.15, 0.2) is 23.3 Å². The summed E-state index contributed by atoms with van der Waals surface area (Å²) in [5.74, 6) is 4.66. The molecule has 0 spiro atoms. The first-order valence-corrected chi connectivity index (χ1v) is 4.11. The number of hydrazone groups is 1. The van der Waals surface area contributed by atoms with Gasteiger partial charge in [0.15, 0.2) is 0 Å². The number of ether oxygens (including phenoxy) is 1.